The minimum absolute atomic E-state index is 0.0480. The molecule has 1 heterocycles. The Kier molecular flexibility index (Phi) is 2.26. The largest absolute Gasteiger partial charge is 0.486 e. The van der Waals surface area contributed by atoms with Crippen molar-refractivity contribution in [1.29, 1.82) is 0 Å². The van der Waals surface area contributed by atoms with Crippen molar-refractivity contribution in [3.8, 4) is 5.75 Å². The van der Waals surface area contributed by atoms with Gasteiger partial charge in [-0.2, -0.15) is 0 Å². The van der Waals surface area contributed by atoms with E-state index in [9.17, 15) is 4.79 Å². The SMILES string of the molecule is CC1CC(=O)N(C)c2cccc(N)c2O1. The Morgan fingerprint density at radius 1 is 1.53 bits per heavy atom. The first-order valence-corrected chi connectivity index (χ1v) is 4.91. The number of nitrogens with two attached hydrogens (primary N) is 1. The van der Waals surface area contributed by atoms with E-state index in [-0.39, 0.29) is 12.0 Å². The second-order valence-electron chi connectivity index (χ2n) is 3.78. The second-order valence-corrected chi connectivity index (χ2v) is 3.78. The number of anilines is 2. The minimum Gasteiger partial charge on any atom is -0.486 e. The Morgan fingerprint density at radius 2 is 2.27 bits per heavy atom. The summed E-state index contributed by atoms with van der Waals surface area (Å²) in [4.78, 5) is 13.3. The molecule has 2 rings (SSSR count). The van der Waals surface area contributed by atoms with Crippen molar-refractivity contribution in [2.24, 2.45) is 0 Å². The van der Waals surface area contributed by atoms with Gasteiger partial charge in [0.1, 0.15) is 6.10 Å². The normalized spacial score (nSPS) is 20.5. The molecule has 15 heavy (non-hydrogen) atoms. The topological polar surface area (TPSA) is 55.6 Å². The molecule has 0 saturated heterocycles. The molecule has 1 amide bonds. The van der Waals surface area contributed by atoms with Crippen LogP contribution in [0.3, 0.4) is 0 Å². The van der Waals surface area contributed by atoms with Gasteiger partial charge in [0.2, 0.25) is 5.91 Å². The number of nitrogens with zero attached hydrogens (tertiary/aromatic N) is 1. The van der Waals surface area contributed by atoms with Crippen LogP contribution in [0, 0.1) is 0 Å². The highest BCUT2D eigenvalue weighted by Crippen LogP contribution is 2.36. The summed E-state index contributed by atoms with van der Waals surface area (Å²) in [6.07, 6.45) is 0.246. The van der Waals surface area contributed by atoms with Crippen LogP contribution in [0.25, 0.3) is 0 Å². The first-order valence-electron chi connectivity index (χ1n) is 4.91. The molecule has 0 fully saturated rings. The third kappa shape index (κ3) is 1.63. The summed E-state index contributed by atoms with van der Waals surface area (Å²) in [5.41, 5.74) is 7.13. The van der Waals surface area contributed by atoms with E-state index in [0.29, 0.717) is 17.9 Å². The predicted octanol–water partition coefficient (Wildman–Crippen LogP) is 1.40. The van der Waals surface area contributed by atoms with Crippen LogP contribution in [0.4, 0.5) is 11.4 Å². The van der Waals surface area contributed by atoms with Crippen LogP contribution in [0.2, 0.25) is 0 Å². The van der Waals surface area contributed by atoms with E-state index < -0.39 is 0 Å². The van der Waals surface area contributed by atoms with Crippen molar-refractivity contribution in [3.05, 3.63) is 18.2 Å². The van der Waals surface area contributed by atoms with Gasteiger partial charge in [0.15, 0.2) is 5.75 Å². The van der Waals surface area contributed by atoms with Gasteiger partial charge >= 0.3 is 0 Å². The lowest BCUT2D eigenvalue weighted by molar-refractivity contribution is -0.119. The lowest BCUT2D eigenvalue weighted by Crippen LogP contribution is -2.27. The molecule has 0 radical (unpaired) electrons. The van der Waals surface area contributed by atoms with Gasteiger partial charge in [0, 0.05) is 7.05 Å². The quantitative estimate of drug-likeness (QED) is 0.653. The van der Waals surface area contributed by atoms with Gasteiger partial charge in [-0.15, -0.1) is 0 Å². The summed E-state index contributed by atoms with van der Waals surface area (Å²) in [6, 6.07) is 5.42. The number of nitrogen functional groups attached to an aromatic ring is 1. The summed E-state index contributed by atoms with van der Waals surface area (Å²) in [5, 5.41) is 0. The molecule has 0 aliphatic carbocycles. The fraction of sp³-hybridized carbons (Fsp3) is 0.364. The maximum absolute atomic E-state index is 11.7. The zero-order valence-corrected chi connectivity index (χ0v) is 8.86. The van der Waals surface area contributed by atoms with Gasteiger partial charge in [0.25, 0.3) is 0 Å². The molecule has 80 valence electrons. The van der Waals surface area contributed by atoms with Gasteiger partial charge < -0.3 is 15.4 Å². The van der Waals surface area contributed by atoms with Gasteiger partial charge in [0.05, 0.1) is 17.8 Å². The standard InChI is InChI=1S/C11H14N2O2/c1-7-6-10(14)13(2)9-5-3-4-8(12)11(9)15-7/h3-5,7H,6,12H2,1-2H3. The zero-order valence-electron chi connectivity index (χ0n) is 8.86. The Hall–Kier alpha value is -1.71. The summed E-state index contributed by atoms with van der Waals surface area (Å²) < 4.78 is 5.64. The molecule has 0 saturated carbocycles. The number of carbonyl (C=O) groups is 1. The first-order chi connectivity index (χ1) is 7.09. The smallest absolute Gasteiger partial charge is 0.230 e. The number of hydrogen-bond acceptors (Lipinski definition) is 3. The van der Waals surface area contributed by atoms with E-state index in [1.165, 1.54) is 0 Å². The van der Waals surface area contributed by atoms with Crippen molar-refractivity contribution in [2.45, 2.75) is 19.4 Å². The zero-order chi connectivity index (χ0) is 11.0. The average molecular weight is 206 g/mol. The van der Waals surface area contributed by atoms with Gasteiger partial charge in [-0.1, -0.05) is 6.07 Å². The first kappa shape index (κ1) is 9.83. The molecular formula is C11H14N2O2. The molecule has 4 heteroatoms. The van der Waals surface area contributed by atoms with Crippen molar-refractivity contribution in [1.82, 2.24) is 0 Å². The molecule has 1 unspecified atom stereocenters. The molecular weight excluding hydrogens is 192 g/mol. The van der Waals surface area contributed by atoms with Crippen molar-refractivity contribution in [2.75, 3.05) is 17.7 Å². The Morgan fingerprint density at radius 3 is 3.00 bits per heavy atom. The third-order valence-electron chi connectivity index (χ3n) is 2.54. The molecule has 1 aromatic carbocycles. The van der Waals surface area contributed by atoms with Gasteiger partial charge in [-0.25, -0.2) is 0 Å². The van der Waals surface area contributed by atoms with Crippen LogP contribution >= 0.6 is 0 Å². The number of fused-ring (bicyclic) bond motifs is 1. The summed E-state index contributed by atoms with van der Waals surface area (Å²) in [7, 11) is 1.74. The average Bonchev–Trinajstić information content (AvgIpc) is 2.29. The summed E-state index contributed by atoms with van der Waals surface area (Å²) >= 11 is 0. The van der Waals surface area contributed by atoms with E-state index in [4.69, 9.17) is 10.5 Å². The number of ether oxygens (including phenoxy) is 1. The van der Waals surface area contributed by atoms with Crippen LogP contribution in [0.1, 0.15) is 13.3 Å². The van der Waals surface area contributed by atoms with Crippen LogP contribution in [0.5, 0.6) is 5.75 Å². The molecule has 1 aromatic rings. The highest BCUT2D eigenvalue weighted by Gasteiger charge is 2.25. The Bertz CT molecular complexity index is 404. The van der Waals surface area contributed by atoms with E-state index in [2.05, 4.69) is 0 Å². The fourth-order valence-electron chi connectivity index (χ4n) is 1.69. The molecule has 2 N–H and O–H groups in total. The van der Waals surface area contributed by atoms with Crippen molar-refractivity contribution in [3.63, 3.8) is 0 Å². The second kappa shape index (κ2) is 3.46. The maximum atomic E-state index is 11.7. The Balaban J connectivity index is 2.54. The third-order valence-corrected chi connectivity index (χ3v) is 2.54. The van der Waals surface area contributed by atoms with Crippen molar-refractivity contribution < 1.29 is 9.53 Å². The number of carbonyl (C=O) groups excluding carboxylic acids is 1. The number of amides is 1. The van der Waals surface area contributed by atoms with E-state index in [1.54, 1.807) is 18.0 Å². The highest BCUT2D eigenvalue weighted by molar-refractivity contribution is 5.96. The van der Waals surface area contributed by atoms with Crippen LogP contribution < -0.4 is 15.4 Å². The number of rotatable bonds is 0. The van der Waals surface area contributed by atoms with E-state index in [1.807, 2.05) is 19.1 Å². The number of para-hydroxylation sites is 1. The highest BCUT2D eigenvalue weighted by atomic mass is 16.5. The summed E-state index contributed by atoms with van der Waals surface area (Å²) in [6.45, 7) is 1.87. The van der Waals surface area contributed by atoms with Gasteiger partial charge in [-0.05, 0) is 19.1 Å². The molecule has 4 nitrogen and oxygen atoms in total. The predicted molar refractivity (Wildman–Crippen MR) is 59.0 cm³/mol. The lowest BCUT2D eigenvalue weighted by atomic mass is 10.2. The van der Waals surface area contributed by atoms with Gasteiger partial charge in [-0.3, -0.25) is 4.79 Å². The van der Waals surface area contributed by atoms with Crippen molar-refractivity contribution >= 4 is 17.3 Å². The fourth-order valence-corrected chi connectivity index (χ4v) is 1.69. The number of benzene rings is 1. The molecule has 1 atom stereocenters. The molecule has 0 aromatic heterocycles. The number of hydrogen-bond donors (Lipinski definition) is 1. The maximum Gasteiger partial charge on any atom is 0.230 e. The Labute approximate surface area is 88.6 Å². The molecule has 1 aliphatic heterocycles. The van der Waals surface area contributed by atoms with Crippen LogP contribution in [0.15, 0.2) is 18.2 Å². The van der Waals surface area contributed by atoms with E-state index in [0.717, 1.165) is 5.69 Å². The molecule has 0 bridgehead atoms. The monoisotopic (exact) mass is 206 g/mol. The lowest BCUT2D eigenvalue weighted by Gasteiger charge is -2.17. The van der Waals surface area contributed by atoms with Crippen LogP contribution in [-0.4, -0.2) is 19.1 Å². The van der Waals surface area contributed by atoms with E-state index >= 15 is 0 Å². The molecule has 1 aliphatic rings. The molecule has 0 spiro atoms. The summed E-state index contributed by atoms with van der Waals surface area (Å²) in [5.74, 6) is 0.658. The minimum atomic E-state index is -0.133. The van der Waals surface area contributed by atoms with Crippen LogP contribution in [-0.2, 0) is 4.79 Å².